The number of rotatable bonds is 4. The summed E-state index contributed by atoms with van der Waals surface area (Å²) in [5, 5.41) is 9.08. The lowest BCUT2D eigenvalue weighted by Crippen LogP contribution is -2.11. The van der Waals surface area contributed by atoms with Crippen molar-refractivity contribution in [2.24, 2.45) is 0 Å². The number of nitriles is 1. The lowest BCUT2D eigenvalue weighted by atomic mass is 10.2. The first-order chi connectivity index (χ1) is 12.6. The molecule has 1 heterocycles. The standard InChI is InChI=1S/C19H16BrNO5/c1-2-23-17-9-12(11-21)8-14(20)18(17)26-19(22)13-4-5-15-16(10-13)25-7-3-6-24-15/h4-5,8-10H,2-3,6-7H2,1H3. The quantitative estimate of drug-likeness (QED) is 0.550. The van der Waals surface area contributed by atoms with Gasteiger partial charge < -0.3 is 18.9 Å². The Labute approximate surface area is 159 Å². The third kappa shape index (κ3) is 3.92. The average molecular weight is 418 g/mol. The molecule has 0 aromatic heterocycles. The molecule has 1 aliphatic rings. The van der Waals surface area contributed by atoms with Crippen LogP contribution in [0.15, 0.2) is 34.8 Å². The highest BCUT2D eigenvalue weighted by atomic mass is 79.9. The Morgan fingerprint density at radius 1 is 1.23 bits per heavy atom. The smallest absolute Gasteiger partial charge is 0.343 e. The van der Waals surface area contributed by atoms with E-state index in [0.717, 1.165) is 6.42 Å². The summed E-state index contributed by atoms with van der Waals surface area (Å²) in [5.74, 6) is 1.10. The van der Waals surface area contributed by atoms with Crippen molar-refractivity contribution in [3.63, 3.8) is 0 Å². The van der Waals surface area contributed by atoms with Gasteiger partial charge in [0.1, 0.15) is 0 Å². The molecule has 0 spiro atoms. The van der Waals surface area contributed by atoms with Gasteiger partial charge in [-0.2, -0.15) is 5.26 Å². The fourth-order valence-corrected chi connectivity index (χ4v) is 2.96. The number of fused-ring (bicyclic) bond motifs is 1. The molecule has 0 aliphatic carbocycles. The van der Waals surface area contributed by atoms with Crippen LogP contribution in [0.1, 0.15) is 29.3 Å². The minimum absolute atomic E-state index is 0.225. The molecule has 0 bridgehead atoms. The van der Waals surface area contributed by atoms with Crippen molar-refractivity contribution in [3.05, 3.63) is 45.9 Å². The number of ether oxygens (including phenoxy) is 4. The number of halogens is 1. The molecule has 0 fully saturated rings. The Kier molecular flexibility index (Phi) is 5.64. The predicted octanol–water partition coefficient (Wildman–Crippen LogP) is 4.10. The Hall–Kier alpha value is -2.72. The number of hydrogen-bond donors (Lipinski definition) is 0. The van der Waals surface area contributed by atoms with E-state index in [1.54, 1.807) is 24.3 Å². The van der Waals surface area contributed by atoms with Gasteiger partial charge >= 0.3 is 5.97 Å². The second-order valence-corrected chi connectivity index (χ2v) is 6.29. The van der Waals surface area contributed by atoms with Crippen LogP contribution in [0.4, 0.5) is 0 Å². The van der Waals surface area contributed by atoms with Crippen molar-refractivity contribution >= 4 is 21.9 Å². The van der Waals surface area contributed by atoms with Crippen LogP contribution in [0.5, 0.6) is 23.0 Å². The van der Waals surface area contributed by atoms with Crippen LogP contribution in [-0.4, -0.2) is 25.8 Å². The van der Waals surface area contributed by atoms with Gasteiger partial charge in [-0.25, -0.2) is 4.79 Å². The number of nitrogens with zero attached hydrogens (tertiary/aromatic N) is 1. The summed E-state index contributed by atoms with van der Waals surface area (Å²) in [7, 11) is 0. The summed E-state index contributed by atoms with van der Waals surface area (Å²) >= 11 is 3.33. The molecular weight excluding hydrogens is 402 g/mol. The molecule has 0 amide bonds. The van der Waals surface area contributed by atoms with Gasteiger partial charge in [0.2, 0.25) is 0 Å². The monoisotopic (exact) mass is 417 g/mol. The van der Waals surface area contributed by atoms with E-state index in [-0.39, 0.29) is 5.75 Å². The maximum absolute atomic E-state index is 12.6. The zero-order valence-corrected chi connectivity index (χ0v) is 15.7. The van der Waals surface area contributed by atoms with Gasteiger partial charge in [-0.15, -0.1) is 0 Å². The van der Waals surface area contributed by atoms with Crippen LogP contribution in [0.25, 0.3) is 0 Å². The number of benzene rings is 2. The normalized spacial score (nSPS) is 12.7. The van der Waals surface area contributed by atoms with Crippen molar-refractivity contribution < 1.29 is 23.7 Å². The molecule has 2 aromatic rings. The van der Waals surface area contributed by atoms with E-state index in [1.807, 2.05) is 13.0 Å². The maximum Gasteiger partial charge on any atom is 0.343 e. The molecule has 0 unspecified atom stereocenters. The highest BCUT2D eigenvalue weighted by Crippen LogP contribution is 2.38. The van der Waals surface area contributed by atoms with Gasteiger partial charge in [0.05, 0.1) is 41.5 Å². The second kappa shape index (κ2) is 8.11. The molecule has 0 saturated heterocycles. The minimum Gasteiger partial charge on any atom is -0.490 e. The van der Waals surface area contributed by atoms with Crippen LogP contribution in [0.3, 0.4) is 0 Å². The van der Waals surface area contributed by atoms with Gasteiger partial charge in [0, 0.05) is 12.5 Å². The molecule has 0 saturated carbocycles. The molecule has 7 heteroatoms. The summed E-state index contributed by atoms with van der Waals surface area (Å²) in [4.78, 5) is 12.6. The van der Waals surface area contributed by atoms with Gasteiger partial charge in [-0.05, 0) is 47.1 Å². The van der Waals surface area contributed by atoms with Crippen LogP contribution in [0.2, 0.25) is 0 Å². The Morgan fingerprint density at radius 2 is 2.00 bits per heavy atom. The molecule has 6 nitrogen and oxygen atoms in total. The van der Waals surface area contributed by atoms with E-state index in [2.05, 4.69) is 15.9 Å². The first-order valence-electron chi connectivity index (χ1n) is 8.10. The van der Waals surface area contributed by atoms with Gasteiger partial charge in [0.15, 0.2) is 23.0 Å². The first-order valence-corrected chi connectivity index (χ1v) is 8.90. The fraction of sp³-hybridized carbons (Fsp3) is 0.263. The molecule has 0 atom stereocenters. The molecule has 2 aromatic carbocycles. The van der Waals surface area contributed by atoms with Crippen LogP contribution in [-0.2, 0) is 0 Å². The Bertz CT molecular complexity index is 875. The summed E-state index contributed by atoms with van der Waals surface area (Å²) in [6.45, 7) is 3.28. The van der Waals surface area contributed by atoms with Crippen molar-refractivity contribution in [2.75, 3.05) is 19.8 Å². The summed E-state index contributed by atoms with van der Waals surface area (Å²) in [5.41, 5.74) is 0.726. The summed E-state index contributed by atoms with van der Waals surface area (Å²) in [6, 6.07) is 10.0. The lowest BCUT2D eigenvalue weighted by molar-refractivity contribution is 0.0726. The first kappa shape index (κ1) is 18.1. The molecule has 1 aliphatic heterocycles. The topological polar surface area (TPSA) is 77.8 Å². The zero-order valence-electron chi connectivity index (χ0n) is 14.1. The van der Waals surface area contributed by atoms with Crippen LogP contribution in [0, 0.1) is 11.3 Å². The van der Waals surface area contributed by atoms with E-state index in [0.29, 0.717) is 52.7 Å². The summed E-state index contributed by atoms with van der Waals surface area (Å²) < 4.78 is 22.6. The average Bonchev–Trinajstić information content (AvgIpc) is 2.89. The number of hydrogen-bond acceptors (Lipinski definition) is 6. The van der Waals surface area contributed by atoms with Crippen molar-refractivity contribution in [3.8, 4) is 29.1 Å². The van der Waals surface area contributed by atoms with Gasteiger partial charge in [-0.3, -0.25) is 0 Å². The zero-order chi connectivity index (χ0) is 18.5. The Balaban J connectivity index is 1.88. The Morgan fingerprint density at radius 3 is 2.73 bits per heavy atom. The van der Waals surface area contributed by atoms with Crippen LogP contribution < -0.4 is 18.9 Å². The largest absolute Gasteiger partial charge is 0.490 e. The van der Waals surface area contributed by atoms with Crippen molar-refractivity contribution in [1.82, 2.24) is 0 Å². The minimum atomic E-state index is -0.563. The van der Waals surface area contributed by atoms with Crippen molar-refractivity contribution in [1.29, 1.82) is 5.26 Å². The molecule has 0 N–H and O–H groups in total. The summed E-state index contributed by atoms with van der Waals surface area (Å²) in [6.07, 6.45) is 0.782. The molecule has 134 valence electrons. The van der Waals surface area contributed by atoms with E-state index in [1.165, 1.54) is 6.07 Å². The lowest BCUT2D eigenvalue weighted by Gasteiger charge is -2.13. The molecule has 26 heavy (non-hydrogen) atoms. The second-order valence-electron chi connectivity index (χ2n) is 5.43. The fourth-order valence-electron chi connectivity index (χ4n) is 2.44. The molecule has 0 radical (unpaired) electrons. The number of carbonyl (C=O) groups is 1. The van der Waals surface area contributed by atoms with E-state index in [9.17, 15) is 4.79 Å². The molecular formula is C19H16BrNO5. The third-order valence-corrected chi connectivity index (χ3v) is 4.21. The highest BCUT2D eigenvalue weighted by Gasteiger charge is 2.19. The third-order valence-electron chi connectivity index (χ3n) is 3.62. The SMILES string of the molecule is CCOc1cc(C#N)cc(Br)c1OC(=O)c1ccc2c(c1)OCCCO2. The van der Waals surface area contributed by atoms with Gasteiger partial charge in [-0.1, -0.05) is 0 Å². The predicted molar refractivity (Wildman–Crippen MR) is 97.0 cm³/mol. The van der Waals surface area contributed by atoms with E-state index >= 15 is 0 Å². The van der Waals surface area contributed by atoms with Crippen molar-refractivity contribution in [2.45, 2.75) is 13.3 Å². The van der Waals surface area contributed by atoms with Gasteiger partial charge in [0.25, 0.3) is 0 Å². The number of esters is 1. The van der Waals surface area contributed by atoms with Crippen LogP contribution >= 0.6 is 15.9 Å². The maximum atomic E-state index is 12.6. The number of carbonyl (C=O) groups excluding carboxylic acids is 1. The highest BCUT2D eigenvalue weighted by molar-refractivity contribution is 9.10. The molecule has 3 rings (SSSR count). The van der Waals surface area contributed by atoms with E-state index < -0.39 is 5.97 Å². The van der Waals surface area contributed by atoms with E-state index in [4.69, 9.17) is 24.2 Å².